The minimum atomic E-state index is -0.488. The number of carbonyl (C=O) groups excluding carboxylic acids is 2. The summed E-state index contributed by atoms with van der Waals surface area (Å²) in [7, 11) is 3.99. The van der Waals surface area contributed by atoms with Gasteiger partial charge in [0.1, 0.15) is 11.5 Å². The molecule has 0 fully saturated rings. The van der Waals surface area contributed by atoms with Gasteiger partial charge in [-0.15, -0.1) is 0 Å². The van der Waals surface area contributed by atoms with E-state index in [0.29, 0.717) is 29.4 Å². The van der Waals surface area contributed by atoms with Crippen LogP contribution in [0.15, 0.2) is 72.8 Å². The highest BCUT2D eigenvalue weighted by atomic mass is 35.5. The maximum Gasteiger partial charge on any atom is 0.345 e. The molecule has 0 spiro atoms. The van der Waals surface area contributed by atoms with Crippen LogP contribution >= 0.6 is 11.6 Å². The van der Waals surface area contributed by atoms with Crippen LogP contribution in [0.4, 0.5) is 5.69 Å². The highest BCUT2D eigenvalue weighted by Crippen LogP contribution is 2.21. The molecule has 1 N–H and O–H groups in total. The molecule has 0 aromatic heterocycles. The van der Waals surface area contributed by atoms with Crippen LogP contribution in [0.5, 0.6) is 11.5 Å². The second kappa shape index (κ2) is 15.7. The summed E-state index contributed by atoms with van der Waals surface area (Å²) in [4.78, 5) is 26.5. The lowest BCUT2D eigenvalue weighted by Crippen LogP contribution is -2.26. The number of hydrogen-bond donors (Lipinski definition) is 1. The molecule has 0 aliphatic rings. The summed E-state index contributed by atoms with van der Waals surface area (Å²) >= 11 is 6.05. The first-order valence-electron chi connectivity index (χ1n) is 13.1. The normalized spacial score (nSPS) is 10.6. The van der Waals surface area contributed by atoms with Gasteiger partial charge in [0.2, 0.25) is 5.91 Å². The van der Waals surface area contributed by atoms with Crippen molar-refractivity contribution in [3.63, 3.8) is 0 Å². The Morgan fingerprint density at radius 3 is 2.24 bits per heavy atom. The predicted octanol–water partition coefficient (Wildman–Crippen LogP) is 6.70. The number of carbonyl (C=O) groups is 2. The molecule has 0 saturated carbocycles. The molecule has 1 amide bonds. The molecule has 0 aliphatic carbocycles. The lowest BCUT2D eigenvalue weighted by molar-refractivity contribution is -0.120. The molecular formula is C31H37ClN2O4. The van der Waals surface area contributed by atoms with Crippen molar-refractivity contribution in [1.29, 1.82) is 0 Å². The van der Waals surface area contributed by atoms with E-state index in [1.165, 1.54) is 0 Å². The topological polar surface area (TPSA) is 67.9 Å². The first kappa shape index (κ1) is 29.1. The van der Waals surface area contributed by atoms with E-state index in [9.17, 15) is 9.59 Å². The Morgan fingerprint density at radius 1 is 0.816 bits per heavy atom. The zero-order valence-corrected chi connectivity index (χ0v) is 23.0. The third-order valence-electron chi connectivity index (χ3n) is 6.08. The summed E-state index contributed by atoms with van der Waals surface area (Å²) in [6.07, 6.45) is 6.88. The minimum Gasteiger partial charge on any atom is -0.494 e. The highest BCUT2D eigenvalue weighted by molar-refractivity contribution is 6.33. The molecule has 0 radical (unpaired) electrons. The minimum absolute atomic E-state index is 0.0739. The largest absolute Gasteiger partial charge is 0.494 e. The SMILES string of the molecule is CN(C)c1cccc(CC(=O)NCCCCCCCCOc2ccc(OC(=O)c3ccccc3Cl)cc2)c1. The number of halogens is 1. The van der Waals surface area contributed by atoms with Gasteiger partial charge >= 0.3 is 5.97 Å². The molecule has 0 atom stereocenters. The van der Waals surface area contributed by atoms with E-state index in [4.69, 9.17) is 21.1 Å². The van der Waals surface area contributed by atoms with Gasteiger partial charge in [0, 0.05) is 26.3 Å². The Labute approximate surface area is 230 Å². The number of anilines is 1. The lowest BCUT2D eigenvalue weighted by Gasteiger charge is -2.13. The van der Waals surface area contributed by atoms with Gasteiger partial charge in [0.05, 0.1) is 23.6 Å². The summed E-state index contributed by atoms with van der Waals surface area (Å²) in [5.41, 5.74) is 2.47. The average molecular weight is 537 g/mol. The van der Waals surface area contributed by atoms with E-state index >= 15 is 0 Å². The van der Waals surface area contributed by atoms with Crippen molar-refractivity contribution in [3.8, 4) is 11.5 Å². The zero-order valence-electron chi connectivity index (χ0n) is 22.3. The highest BCUT2D eigenvalue weighted by Gasteiger charge is 2.12. The van der Waals surface area contributed by atoms with Crippen molar-refractivity contribution in [2.75, 3.05) is 32.1 Å². The van der Waals surface area contributed by atoms with Crippen LogP contribution in [0, 0.1) is 0 Å². The molecule has 0 unspecified atom stereocenters. The first-order valence-corrected chi connectivity index (χ1v) is 13.5. The van der Waals surface area contributed by atoms with Gasteiger partial charge in [0.15, 0.2) is 0 Å². The number of rotatable bonds is 15. The molecular weight excluding hydrogens is 500 g/mol. The average Bonchev–Trinajstić information content (AvgIpc) is 2.91. The Balaban J connectivity index is 1.20. The number of hydrogen-bond acceptors (Lipinski definition) is 5. The number of nitrogens with one attached hydrogen (secondary N) is 1. The van der Waals surface area contributed by atoms with E-state index < -0.39 is 5.97 Å². The van der Waals surface area contributed by atoms with Crippen LogP contribution in [0.3, 0.4) is 0 Å². The number of ether oxygens (including phenoxy) is 2. The van der Waals surface area contributed by atoms with Crippen LogP contribution in [0.25, 0.3) is 0 Å². The van der Waals surface area contributed by atoms with Crippen LogP contribution in [0.2, 0.25) is 5.02 Å². The summed E-state index contributed by atoms with van der Waals surface area (Å²) < 4.78 is 11.2. The molecule has 0 heterocycles. The van der Waals surface area contributed by atoms with Crippen molar-refractivity contribution in [1.82, 2.24) is 5.32 Å². The molecule has 0 saturated heterocycles. The van der Waals surface area contributed by atoms with E-state index in [1.54, 1.807) is 48.5 Å². The maximum atomic E-state index is 12.2. The molecule has 38 heavy (non-hydrogen) atoms. The van der Waals surface area contributed by atoms with Crippen LogP contribution in [-0.2, 0) is 11.2 Å². The van der Waals surface area contributed by atoms with Gasteiger partial charge < -0.3 is 19.7 Å². The summed E-state index contributed by atoms with van der Waals surface area (Å²) in [6, 6.07) is 21.9. The van der Waals surface area contributed by atoms with Gasteiger partial charge in [-0.25, -0.2) is 4.79 Å². The molecule has 0 bridgehead atoms. The van der Waals surface area contributed by atoms with Crippen molar-refractivity contribution in [2.24, 2.45) is 0 Å². The van der Waals surface area contributed by atoms with E-state index in [-0.39, 0.29) is 5.91 Å². The van der Waals surface area contributed by atoms with E-state index in [1.807, 2.05) is 37.2 Å². The fourth-order valence-corrected chi connectivity index (χ4v) is 4.15. The monoisotopic (exact) mass is 536 g/mol. The van der Waals surface area contributed by atoms with Crippen LogP contribution in [0.1, 0.15) is 54.4 Å². The molecule has 202 valence electrons. The summed E-state index contributed by atoms with van der Waals surface area (Å²) in [6.45, 7) is 1.36. The smallest absolute Gasteiger partial charge is 0.345 e. The van der Waals surface area contributed by atoms with Crippen molar-refractivity contribution in [2.45, 2.75) is 44.9 Å². The summed E-state index contributed by atoms with van der Waals surface area (Å²) in [5.74, 6) is 0.770. The number of amides is 1. The number of benzene rings is 3. The van der Waals surface area contributed by atoms with Crippen molar-refractivity contribution >= 4 is 29.2 Å². The van der Waals surface area contributed by atoms with Gasteiger partial charge in [0.25, 0.3) is 0 Å². The van der Waals surface area contributed by atoms with E-state index in [0.717, 1.165) is 62.1 Å². The fourth-order valence-electron chi connectivity index (χ4n) is 3.94. The summed E-state index contributed by atoms with van der Waals surface area (Å²) in [5, 5.41) is 3.39. The number of unbranched alkanes of at least 4 members (excludes halogenated alkanes) is 5. The molecule has 3 aromatic rings. The first-order chi connectivity index (χ1) is 18.4. The fraction of sp³-hybridized carbons (Fsp3) is 0.355. The molecule has 3 rings (SSSR count). The standard InChI is InChI=1S/C31H37ClN2O4/c1-34(2)25-13-11-12-24(22-25)23-30(35)33-20-9-5-3-4-6-10-21-37-26-16-18-27(19-17-26)38-31(36)28-14-7-8-15-29(28)32/h7-8,11-19,22H,3-6,9-10,20-21,23H2,1-2H3,(H,33,35). The predicted molar refractivity (Wildman–Crippen MR) is 154 cm³/mol. The molecule has 7 heteroatoms. The number of esters is 1. The van der Waals surface area contributed by atoms with E-state index in [2.05, 4.69) is 11.4 Å². The second-order valence-electron chi connectivity index (χ2n) is 9.40. The van der Waals surface area contributed by atoms with Gasteiger partial charge in [-0.3, -0.25) is 4.79 Å². The lowest BCUT2D eigenvalue weighted by atomic mass is 10.1. The third kappa shape index (κ3) is 10.1. The maximum absolute atomic E-state index is 12.2. The van der Waals surface area contributed by atoms with Crippen molar-refractivity contribution in [3.05, 3.63) is 88.9 Å². The Bertz CT molecular complexity index is 1160. The van der Waals surface area contributed by atoms with Gasteiger partial charge in [-0.05, 0) is 66.9 Å². The molecule has 3 aromatic carbocycles. The van der Waals surface area contributed by atoms with Crippen molar-refractivity contribution < 1.29 is 19.1 Å². The second-order valence-corrected chi connectivity index (χ2v) is 9.81. The zero-order chi connectivity index (χ0) is 27.2. The van der Waals surface area contributed by atoms with Gasteiger partial charge in [-0.2, -0.15) is 0 Å². The third-order valence-corrected chi connectivity index (χ3v) is 6.41. The molecule has 0 aliphatic heterocycles. The Kier molecular flexibility index (Phi) is 12.0. The molecule has 6 nitrogen and oxygen atoms in total. The Morgan fingerprint density at radius 2 is 1.50 bits per heavy atom. The van der Waals surface area contributed by atoms with Crippen LogP contribution in [-0.4, -0.2) is 39.1 Å². The Hall–Kier alpha value is -3.51. The number of nitrogens with zero attached hydrogens (tertiary/aromatic N) is 1. The quantitative estimate of drug-likeness (QED) is 0.133. The van der Waals surface area contributed by atoms with Crippen LogP contribution < -0.4 is 19.7 Å². The van der Waals surface area contributed by atoms with Gasteiger partial charge in [-0.1, -0.05) is 61.5 Å².